The Morgan fingerprint density at radius 1 is 1.08 bits per heavy atom. The Morgan fingerprint density at radius 3 is 2.60 bits per heavy atom. The van der Waals surface area contributed by atoms with Gasteiger partial charge in [-0.25, -0.2) is 13.8 Å². The lowest BCUT2D eigenvalue weighted by atomic mass is 9.74. The molecule has 0 radical (unpaired) electrons. The second kappa shape index (κ2) is 12.4. The number of nitrogens with zero attached hydrogens (tertiary/aromatic N) is 6. The summed E-state index contributed by atoms with van der Waals surface area (Å²) in [6, 6.07) is 3.55. The lowest BCUT2D eigenvalue weighted by molar-refractivity contribution is -0.138. The molecule has 52 heavy (non-hydrogen) atoms. The number of aliphatic hydroxyl groups is 1. The van der Waals surface area contributed by atoms with Crippen LogP contribution in [0.25, 0.3) is 10.9 Å². The maximum Gasteiger partial charge on any atom is 0.416 e. The predicted molar refractivity (Wildman–Crippen MR) is 182 cm³/mol. The molecule has 5 aliphatic rings. The Balaban J connectivity index is 1.14. The number of benzene rings is 2. The molecule has 5 heterocycles. The summed E-state index contributed by atoms with van der Waals surface area (Å²) in [6.07, 6.45) is 6.79. The van der Waals surface area contributed by atoms with E-state index in [-0.39, 0.29) is 70.8 Å². The highest BCUT2D eigenvalue weighted by molar-refractivity contribution is 5.92. The summed E-state index contributed by atoms with van der Waals surface area (Å²) in [5.41, 5.74) is -2.22. The van der Waals surface area contributed by atoms with Gasteiger partial charge in [-0.3, -0.25) is 4.90 Å². The number of imidazole rings is 1. The minimum Gasteiger partial charge on any atom is -0.463 e. The van der Waals surface area contributed by atoms with Crippen LogP contribution in [0, 0.1) is 29.4 Å². The molecular weight excluding hydrogens is 681 g/mol. The third-order valence-electron chi connectivity index (χ3n) is 11.7. The number of fused-ring (bicyclic) bond motifs is 5. The Labute approximate surface area is 297 Å². The molecule has 2 aromatic heterocycles. The highest BCUT2D eigenvalue weighted by Gasteiger charge is 2.46. The van der Waals surface area contributed by atoms with Crippen molar-refractivity contribution >= 4 is 16.7 Å². The zero-order valence-electron chi connectivity index (χ0n) is 28.4. The first-order chi connectivity index (χ1) is 25.0. The summed E-state index contributed by atoms with van der Waals surface area (Å²) in [5.74, 6) is 0.0714. The lowest BCUT2D eigenvalue weighted by Gasteiger charge is -2.35. The molecule has 3 unspecified atom stereocenters. The Kier molecular flexibility index (Phi) is 7.98. The van der Waals surface area contributed by atoms with Gasteiger partial charge in [0.1, 0.15) is 23.0 Å². The summed E-state index contributed by atoms with van der Waals surface area (Å²) in [4.78, 5) is 17.9. The number of piperazine rings is 1. The molecule has 2 aliphatic carbocycles. The van der Waals surface area contributed by atoms with Crippen LogP contribution in [0.5, 0.6) is 6.01 Å². The molecule has 2 N–H and O–H groups in total. The molecule has 14 heteroatoms. The van der Waals surface area contributed by atoms with Crippen molar-refractivity contribution in [2.75, 3.05) is 37.7 Å². The Morgan fingerprint density at radius 2 is 1.87 bits per heavy atom. The number of rotatable bonds is 7. The Hall–Kier alpha value is -4.32. The molecule has 272 valence electrons. The molecule has 3 fully saturated rings. The number of halogens is 5. The van der Waals surface area contributed by atoms with E-state index < -0.39 is 41.0 Å². The van der Waals surface area contributed by atoms with Gasteiger partial charge in [0.05, 0.1) is 30.4 Å². The molecule has 0 amide bonds. The number of terminal acetylenes is 1. The van der Waals surface area contributed by atoms with Gasteiger partial charge in [0.2, 0.25) is 0 Å². The van der Waals surface area contributed by atoms with Crippen LogP contribution in [0.4, 0.5) is 27.8 Å². The second-order valence-corrected chi connectivity index (χ2v) is 15.2. The van der Waals surface area contributed by atoms with Gasteiger partial charge in [-0.1, -0.05) is 12.0 Å². The number of hydrogen-bond donors (Lipinski definition) is 2. The van der Waals surface area contributed by atoms with Crippen LogP contribution in [0.15, 0.2) is 30.6 Å². The standard InChI is InChI=1S/C38H38F5N7O2/c1-2-25-29(39)6-3-21-13-24(51)14-26(31(21)25)32-28(38(41,42)43)15-27-34(33(32)40)46-36(47-35(27)50-16-22-4-5-23(17-50)45-22)52-20-37(7-8-37)19-48-11-12-49-10-9-44-30(49)18-48/h1,3,6,9-10,15,22-24,26,45,51H,4-5,7-8,11-14,16-20H2/t22?,23?,24-,26?/m1/s1. The SMILES string of the molecule is C#Cc1c(F)ccc2c1C(c1c(C(F)(F)F)cc3c(N4CC5CCC(C4)N5)nc(OCC4(CN5CCn6ccnc6C5)CC4)nc3c1F)C[C@H](O)C2. The largest absolute Gasteiger partial charge is 0.463 e. The quantitative estimate of drug-likeness (QED) is 0.200. The van der Waals surface area contributed by atoms with E-state index >= 15 is 22.0 Å². The van der Waals surface area contributed by atoms with Gasteiger partial charge in [-0.15, -0.1) is 6.42 Å². The van der Waals surface area contributed by atoms with Crippen molar-refractivity contribution in [3.8, 4) is 18.4 Å². The van der Waals surface area contributed by atoms with E-state index in [0.29, 0.717) is 18.7 Å². The maximum absolute atomic E-state index is 17.3. The first-order valence-electron chi connectivity index (χ1n) is 17.9. The van der Waals surface area contributed by atoms with Gasteiger partial charge >= 0.3 is 12.2 Å². The summed E-state index contributed by atoms with van der Waals surface area (Å²) in [5, 5.41) is 14.3. The number of anilines is 1. The summed E-state index contributed by atoms with van der Waals surface area (Å²) >= 11 is 0. The minimum absolute atomic E-state index is 0.0510. The molecule has 2 bridgehead atoms. The maximum atomic E-state index is 17.3. The van der Waals surface area contributed by atoms with Crippen molar-refractivity contribution in [2.45, 2.75) is 81.9 Å². The predicted octanol–water partition coefficient (Wildman–Crippen LogP) is 5.16. The molecule has 2 aromatic carbocycles. The van der Waals surface area contributed by atoms with Crippen LogP contribution in [0.1, 0.15) is 71.7 Å². The van der Waals surface area contributed by atoms with E-state index in [1.54, 1.807) is 6.20 Å². The molecule has 2 saturated heterocycles. The smallest absolute Gasteiger partial charge is 0.416 e. The molecule has 9 nitrogen and oxygen atoms in total. The number of ether oxygens (including phenoxy) is 1. The fourth-order valence-corrected chi connectivity index (χ4v) is 8.98. The number of hydrogen-bond acceptors (Lipinski definition) is 8. The molecule has 9 rings (SSSR count). The van der Waals surface area contributed by atoms with Crippen LogP contribution in [0.2, 0.25) is 0 Å². The number of nitrogens with one attached hydrogen (secondary N) is 1. The van der Waals surface area contributed by atoms with Crippen LogP contribution in [0.3, 0.4) is 0 Å². The molecular formula is C38H38F5N7O2. The van der Waals surface area contributed by atoms with Crippen LogP contribution in [-0.2, 0) is 25.7 Å². The molecule has 4 atom stereocenters. The van der Waals surface area contributed by atoms with Gasteiger partial charge in [0.25, 0.3) is 0 Å². The first kappa shape index (κ1) is 33.5. The number of aliphatic hydroxyl groups excluding tert-OH is 1. The molecule has 4 aromatic rings. The highest BCUT2D eigenvalue weighted by Crippen LogP contribution is 2.49. The van der Waals surface area contributed by atoms with E-state index in [1.165, 1.54) is 6.07 Å². The highest BCUT2D eigenvalue weighted by atomic mass is 19.4. The van der Waals surface area contributed by atoms with Gasteiger partial charge in [0.15, 0.2) is 5.82 Å². The van der Waals surface area contributed by atoms with E-state index in [4.69, 9.17) is 16.1 Å². The third kappa shape index (κ3) is 5.87. The average Bonchev–Trinajstić information content (AvgIpc) is 3.56. The third-order valence-corrected chi connectivity index (χ3v) is 11.7. The van der Waals surface area contributed by atoms with E-state index in [2.05, 4.69) is 30.7 Å². The number of alkyl halides is 3. The van der Waals surface area contributed by atoms with Crippen molar-refractivity contribution in [1.29, 1.82) is 0 Å². The topological polar surface area (TPSA) is 91.6 Å². The van der Waals surface area contributed by atoms with Crippen LogP contribution >= 0.6 is 0 Å². The average molecular weight is 720 g/mol. The van der Waals surface area contributed by atoms with Crippen LogP contribution in [-0.4, -0.2) is 80.5 Å². The normalized spacial score (nSPS) is 25.1. The van der Waals surface area contributed by atoms with Gasteiger partial charge in [-0.2, -0.15) is 23.1 Å². The van der Waals surface area contributed by atoms with Crippen molar-refractivity contribution in [3.05, 3.63) is 75.9 Å². The fourth-order valence-electron chi connectivity index (χ4n) is 8.98. The van der Waals surface area contributed by atoms with E-state index in [9.17, 15) is 5.11 Å². The molecule has 0 spiro atoms. The van der Waals surface area contributed by atoms with Gasteiger partial charge < -0.3 is 24.6 Å². The van der Waals surface area contributed by atoms with Crippen molar-refractivity contribution in [3.63, 3.8) is 0 Å². The minimum atomic E-state index is -5.00. The van der Waals surface area contributed by atoms with Crippen molar-refractivity contribution in [2.24, 2.45) is 5.41 Å². The zero-order chi connectivity index (χ0) is 35.9. The van der Waals surface area contributed by atoms with E-state index in [0.717, 1.165) is 69.8 Å². The zero-order valence-corrected chi connectivity index (χ0v) is 28.4. The van der Waals surface area contributed by atoms with Crippen molar-refractivity contribution < 1.29 is 31.8 Å². The second-order valence-electron chi connectivity index (χ2n) is 15.2. The lowest BCUT2D eigenvalue weighted by Crippen LogP contribution is -2.51. The summed E-state index contributed by atoms with van der Waals surface area (Å²) in [7, 11) is 0. The molecule has 3 aliphatic heterocycles. The fraction of sp³-hybridized carbons (Fsp3) is 0.500. The van der Waals surface area contributed by atoms with E-state index in [1.807, 2.05) is 11.1 Å². The Bertz CT molecular complexity index is 2100. The summed E-state index contributed by atoms with van der Waals surface area (Å²) < 4.78 is 86.1. The van der Waals surface area contributed by atoms with Gasteiger partial charge in [0, 0.05) is 79.5 Å². The van der Waals surface area contributed by atoms with Crippen molar-refractivity contribution in [1.82, 2.24) is 29.7 Å². The monoisotopic (exact) mass is 719 g/mol. The van der Waals surface area contributed by atoms with Crippen LogP contribution < -0.4 is 15.0 Å². The number of aromatic nitrogens is 4. The van der Waals surface area contributed by atoms with Gasteiger partial charge in [-0.05, 0) is 61.8 Å². The first-order valence-corrected chi connectivity index (χ1v) is 17.9. The molecule has 1 saturated carbocycles. The summed E-state index contributed by atoms with van der Waals surface area (Å²) in [6.45, 7) is 4.42.